The molecule has 2 unspecified atom stereocenters. The Morgan fingerprint density at radius 3 is 1.10 bits per heavy atom. The van der Waals surface area contributed by atoms with Crippen molar-refractivity contribution in [2.45, 2.75) is 51.5 Å². The molecule has 3 heteroatoms. The normalized spacial score (nSPS) is 15.9. The van der Waals surface area contributed by atoms with E-state index >= 15 is 0 Å². The Balaban J connectivity index is 0.739. The molecular formula is C93H67N3. The fourth-order valence-electron chi connectivity index (χ4n) is 17.9. The Kier molecular flexibility index (Phi) is 11.6. The van der Waals surface area contributed by atoms with Gasteiger partial charge in [0, 0.05) is 65.6 Å². The first-order chi connectivity index (χ1) is 47.0. The van der Waals surface area contributed by atoms with Crippen molar-refractivity contribution in [1.29, 1.82) is 0 Å². The number of hydrogen-bond acceptors (Lipinski definition) is 0. The summed E-state index contributed by atoms with van der Waals surface area (Å²) in [6.07, 6.45) is 7.46. The van der Waals surface area contributed by atoms with Crippen LogP contribution in [0.1, 0.15) is 68.5 Å². The number of fused-ring (bicyclic) bond motifs is 17. The number of hydrogen-bond donors (Lipinski definition) is 0. The van der Waals surface area contributed by atoms with E-state index in [1.807, 2.05) is 0 Å². The van der Waals surface area contributed by atoms with Crippen molar-refractivity contribution >= 4 is 92.5 Å². The number of allylic oxidation sites excluding steroid dienone is 4. The maximum Gasteiger partial charge on any atom is 0.0586 e. The molecule has 96 heavy (non-hydrogen) atoms. The fourth-order valence-corrected chi connectivity index (χ4v) is 17.9. The van der Waals surface area contributed by atoms with Crippen molar-refractivity contribution in [2.75, 3.05) is 0 Å². The van der Waals surface area contributed by atoms with Gasteiger partial charge in [-0.3, -0.25) is 0 Å². The zero-order chi connectivity index (χ0) is 63.9. The van der Waals surface area contributed by atoms with Gasteiger partial charge in [0.1, 0.15) is 0 Å². The van der Waals surface area contributed by atoms with E-state index in [0.717, 1.165) is 0 Å². The van der Waals surface area contributed by atoms with E-state index in [-0.39, 0.29) is 22.8 Å². The molecule has 0 amide bonds. The molecule has 17 aromatic rings. The molecule has 3 nitrogen and oxygen atoms in total. The summed E-state index contributed by atoms with van der Waals surface area (Å²) < 4.78 is 7.61. The van der Waals surface area contributed by atoms with Crippen LogP contribution in [-0.4, -0.2) is 13.7 Å². The van der Waals surface area contributed by atoms with Gasteiger partial charge in [-0.1, -0.05) is 253 Å². The van der Waals surface area contributed by atoms with Crippen LogP contribution in [0.15, 0.2) is 303 Å². The largest absolute Gasteiger partial charge is 0.333 e. The van der Waals surface area contributed by atoms with Gasteiger partial charge >= 0.3 is 0 Å². The SMILES string of the molecule is CC1C=C(c2c3ccccc3c(-c3ccccc3)c3ccccc23)C=CC1n1c2ccc(-c3ccc4c(c3)c3ccccc3n4-c3ccc4c(c3)C(C)(C)c3ccccc3-4)cc2c2cc(-c3ccc4c(c3)c3ccccc3n4-c3ccc4c(c3)C(C)(C)c3ccccc3-4)ccc21. The molecule has 2 atom stereocenters. The smallest absolute Gasteiger partial charge is 0.0586 e. The van der Waals surface area contributed by atoms with Gasteiger partial charge in [0.2, 0.25) is 0 Å². The molecule has 0 N–H and O–H groups in total. The topological polar surface area (TPSA) is 14.8 Å². The minimum absolute atomic E-state index is 0.0504. The van der Waals surface area contributed by atoms with E-state index in [1.165, 1.54) is 187 Å². The lowest BCUT2D eigenvalue weighted by Gasteiger charge is -2.28. The predicted molar refractivity (Wildman–Crippen MR) is 406 cm³/mol. The molecule has 3 heterocycles. The van der Waals surface area contributed by atoms with Crippen LogP contribution >= 0.6 is 0 Å². The minimum Gasteiger partial charge on any atom is -0.333 e. The van der Waals surface area contributed by atoms with Gasteiger partial charge in [-0.2, -0.15) is 0 Å². The van der Waals surface area contributed by atoms with Crippen LogP contribution in [0.3, 0.4) is 0 Å². The highest BCUT2D eigenvalue weighted by atomic mass is 15.0. The van der Waals surface area contributed by atoms with Gasteiger partial charge in [0.15, 0.2) is 0 Å². The molecular weight excluding hydrogens is 1160 g/mol. The van der Waals surface area contributed by atoms with Crippen molar-refractivity contribution < 1.29 is 0 Å². The fraction of sp³-hybridized carbons (Fsp3) is 0.0968. The summed E-state index contributed by atoms with van der Waals surface area (Å²) in [4.78, 5) is 0. The van der Waals surface area contributed by atoms with Crippen LogP contribution < -0.4 is 0 Å². The third-order valence-corrected chi connectivity index (χ3v) is 22.5. The van der Waals surface area contributed by atoms with Crippen molar-refractivity contribution in [3.05, 3.63) is 331 Å². The number of benzene rings is 14. The molecule has 0 saturated heterocycles. The average Bonchev–Trinajstić information content (AvgIpc) is 1.29. The maximum absolute atomic E-state index is 2.64. The van der Waals surface area contributed by atoms with E-state index in [4.69, 9.17) is 0 Å². The monoisotopic (exact) mass is 1230 g/mol. The Morgan fingerprint density at radius 2 is 0.646 bits per heavy atom. The Labute approximate surface area is 558 Å². The van der Waals surface area contributed by atoms with Crippen molar-refractivity contribution in [3.63, 3.8) is 0 Å². The van der Waals surface area contributed by atoms with Crippen molar-refractivity contribution in [1.82, 2.24) is 13.7 Å². The van der Waals surface area contributed by atoms with E-state index in [9.17, 15) is 0 Å². The summed E-state index contributed by atoms with van der Waals surface area (Å²) in [5.41, 5.74) is 30.2. The molecule has 454 valence electrons. The van der Waals surface area contributed by atoms with Gasteiger partial charge in [-0.15, -0.1) is 0 Å². The van der Waals surface area contributed by atoms with Crippen LogP contribution in [0.2, 0.25) is 0 Å². The molecule has 3 aliphatic rings. The molecule has 0 spiro atoms. The van der Waals surface area contributed by atoms with Crippen LogP contribution in [0, 0.1) is 5.92 Å². The maximum atomic E-state index is 2.64. The first kappa shape index (κ1) is 55.0. The van der Waals surface area contributed by atoms with E-state index in [0.29, 0.717) is 0 Å². The molecule has 0 aliphatic heterocycles. The Morgan fingerprint density at radius 1 is 0.281 bits per heavy atom. The lowest BCUT2D eigenvalue weighted by molar-refractivity contribution is 0.512. The Hall–Kier alpha value is -11.5. The summed E-state index contributed by atoms with van der Waals surface area (Å²) in [5.74, 6) is 0.160. The summed E-state index contributed by atoms with van der Waals surface area (Å²) in [6, 6.07) is 108. The van der Waals surface area contributed by atoms with Crippen LogP contribution in [0.4, 0.5) is 0 Å². The summed E-state index contributed by atoms with van der Waals surface area (Å²) in [5, 5.41) is 12.6. The quantitative estimate of drug-likeness (QED) is 0.141. The summed E-state index contributed by atoms with van der Waals surface area (Å²) >= 11 is 0. The molecule has 0 saturated carbocycles. The molecule has 3 aliphatic carbocycles. The molecule has 20 rings (SSSR count). The lowest BCUT2D eigenvalue weighted by atomic mass is 9.82. The van der Waals surface area contributed by atoms with Crippen LogP contribution in [-0.2, 0) is 10.8 Å². The zero-order valence-electron chi connectivity index (χ0n) is 54.4. The van der Waals surface area contributed by atoms with Gasteiger partial charge in [0.05, 0.1) is 28.1 Å². The van der Waals surface area contributed by atoms with E-state index < -0.39 is 0 Å². The van der Waals surface area contributed by atoms with Crippen LogP contribution in [0.25, 0.3) is 160 Å². The van der Waals surface area contributed by atoms with Gasteiger partial charge in [-0.25, -0.2) is 0 Å². The highest BCUT2D eigenvalue weighted by Crippen LogP contribution is 2.53. The molecule has 14 aromatic carbocycles. The molecule has 3 aromatic heterocycles. The second kappa shape index (κ2) is 20.2. The predicted octanol–water partition coefficient (Wildman–Crippen LogP) is 24.7. The number of aromatic nitrogens is 3. The standard InChI is InChI=1S/C93H67N3/c1-56-49-62(91-73-29-11-9-27-71(73)90(57-21-7-6-8-22-57)72-28-10-12-30-74(72)91)39-44-83(56)96-88-47-37-60(58-35-45-86-75(50-58)69-25-15-19-33-84(69)94(86)63-40-42-67-65-23-13-17-31-79(65)92(2,3)81(67)54-63)52-77(88)78-53-61(38-48-89(78)96)59-36-46-87-76(51-59)70-26-16-20-34-85(70)95(87)64-41-43-68-66-24-14-18-32-80(66)93(4,5)82(68)55-64/h6-56,83H,1-5H3. The van der Waals surface area contributed by atoms with Gasteiger partial charge in [0.25, 0.3) is 0 Å². The van der Waals surface area contributed by atoms with E-state index in [2.05, 4.69) is 352 Å². The molecule has 0 fully saturated rings. The second-order valence-corrected chi connectivity index (χ2v) is 28.3. The summed E-state index contributed by atoms with van der Waals surface area (Å²) in [7, 11) is 0. The first-order valence-corrected chi connectivity index (χ1v) is 34.1. The second-order valence-electron chi connectivity index (χ2n) is 28.3. The molecule has 0 bridgehead atoms. The third-order valence-electron chi connectivity index (χ3n) is 22.5. The highest BCUT2D eigenvalue weighted by molar-refractivity contribution is 6.20. The summed E-state index contributed by atoms with van der Waals surface area (Å²) in [6.45, 7) is 11.9. The van der Waals surface area contributed by atoms with Crippen LogP contribution in [0.5, 0.6) is 0 Å². The van der Waals surface area contributed by atoms with Crippen molar-refractivity contribution in [3.8, 4) is 67.0 Å². The molecule has 0 radical (unpaired) electrons. The van der Waals surface area contributed by atoms with Crippen molar-refractivity contribution in [2.24, 2.45) is 5.92 Å². The zero-order valence-corrected chi connectivity index (χ0v) is 54.4. The van der Waals surface area contributed by atoms with Gasteiger partial charge < -0.3 is 13.7 Å². The number of para-hydroxylation sites is 2. The number of nitrogens with zero attached hydrogens (tertiary/aromatic N) is 3. The third kappa shape index (κ3) is 7.77. The first-order valence-electron chi connectivity index (χ1n) is 34.1. The minimum atomic E-state index is -0.104. The van der Waals surface area contributed by atoms with E-state index in [1.54, 1.807) is 0 Å². The van der Waals surface area contributed by atoms with Gasteiger partial charge in [-0.05, 0) is 201 Å². The highest BCUT2D eigenvalue weighted by Gasteiger charge is 2.37. The average molecular weight is 1230 g/mol. The number of rotatable bonds is 7. The Bertz CT molecular complexity index is 5950. The lowest BCUT2D eigenvalue weighted by Crippen LogP contribution is -2.16.